The molecule has 4 heteroatoms. The Balaban J connectivity index is 2.41. The van der Waals surface area contributed by atoms with Gasteiger partial charge in [-0.2, -0.15) is 0 Å². The van der Waals surface area contributed by atoms with Crippen molar-refractivity contribution in [2.75, 3.05) is 46.8 Å². The molecule has 0 spiro atoms. The molecule has 0 radical (unpaired) electrons. The lowest BCUT2D eigenvalue weighted by Gasteiger charge is -2.31. The second-order valence-corrected chi connectivity index (χ2v) is 4.63. The van der Waals surface area contributed by atoms with E-state index in [1.54, 1.807) is 0 Å². The van der Waals surface area contributed by atoms with E-state index in [0.29, 0.717) is 6.04 Å². The van der Waals surface area contributed by atoms with Crippen LogP contribution in [0.25, 0.3) is 0 Å². The third kappa shape index (κ3) is 4.07. The van der Waals surface area contributed by atoms with Gasteiger partial charge in [0.25, 0.3) is 0 Å². The Kier molecular flexibility index (Phi) is 5.53. The average Bonchev–Trinajstić information content (AvgIpc) is 2.59. The first-order valence-corrected chi connectivity index (χ1v) is 5.92. The van der Waals surface area contributed by atoms with Gasteiger partial charge < -0.3 is 15.3 Å². The van der Waals surface area contributed by atoms with Gasteiger partial charge in [0.15, 0.2) is 0 Å². The molecule has 2 N–H and O–H groups in total. The van der Waals surface area contributed by atoms with Crippen LogP contribution in [0.1, 0.15) is 13.3 Å². The topological polar surface area (TPSA) is 38.7 Å². The minimum absolute atomic E-state index is 0.196. The van der Waals surface area contributed by atoms with Crippen molar-refractivity contribution in [3.63, 3.8) is 0 Å². The number of β-amino-alcohol motifs (C(OH)–C–C–N with tert-alkyl or cyclic N) is 1. The molecule has 1 heterocycles. The second-order valence-electron chi connectivity index (χ2n) is 4.63. The smallest absolute Gasteiger partial charge is 0.0831 e. The molecule has 1 aliphatic rings. The van der Waals surface area contributed by atoms with Crippen LogP contribution in [0.5, 0.6) is 0 Å². The van der Waals surface area contributed by atoms with Crippen molar-refractivity contribution in [3.8, 4) is 0 Å². The van der Waals surface area contributed by atoms with Gasteiger partial charge in [-0.15, -0.1) is 0 Å². The molecule has 90 valence electrons. The van der Waals surface area contributed by atoms with Crippen molar-refractivity contribution >= 4 is 0 Å². The number of hydrogen-bond donors (Lipinski definition) is 2. The van der Waals surface area contributed by atoms with Crippen LogP contribution in [0.15, 0.2) is 0 Å². The molecular formula is C11H25N3O. The summed E-state index contributed by atoms with van der Waals surface area (Å²) < 4.78 is 0. The number of aliphatic hydroxyl groups excluding tert-OH is 1. The number of aliphatic hydroxyl groups is 1. The fraction of sp³-hybridized carbons (Fsp3) is 1.00. The first-order valence-electron chi connectivity index (χ1n) is 5.92. The maximum Gasteiger partial charge on any atom is 0.0831 e. The van der Waals surface area contributed by atoms with Crippen molar-refractivity contribution in [1.29, 1.82) is 0 Å². The monoisotopic (exact) mass is 215 g/mol. The van der Waals surface area contributed by atoms with E-state index in [1.165, 1.54) is 0 Å². The highest BCUT2D eigenvalue weighted by atomic mass is 16.3. The maximum absolute atomic E-state index is 9.83. The van der Waals surface area contributed by atoms with E-state index in [4.69, 9.17) is 0 Å². The van der Waals surface area contributed by atoms with Crippen LogP contribution < -0.4 is 5.32 Å². The average molecular weight is 215 g/mol. The molecule has 0 aromatic rings. The van der Waals surface area contributed by atoms with Gasteiger partial charge in [-0.25, -0.2) is 0 Å². The summed E-state index contributed by atoms with van der Waals surface area (Å²) >= 11 is 0. The Morgan fingerprint density at radius 2 is 1.93 bits per heavy atom. The molecule has 15 heavy (non-hydrogen) atoms. The van der Waals surface area contributed by atoms with Crippen molar-refractivity contribution < 1.29 is 5.11 Å². The SMILES string of the molecule is CCCN(CCN(C)C)C1CNCC1O. The van der Waals surface area contributed by atoms with E-state index in [0.717, 1.165) is 39.1 Å². The highest BCUT2D eigenvalue weighted by Crippen LogP contribution is 2.09. The number of nitrogens with one attached hydrogen (secondary N) is 1. The van der Waals surface area contributed by atoms with E-state index >= 15 is 0 Å². The summed E-state index contributed by atoms with van der Waals surface area (Å²) in [5.74, 6) is 0. The Labute approximate surface area is 93.2 Å². The molecule has 2 atom stereocenters. The molecule has 0 aromatic heterocycles. The predicted molar refractivity (Wildman–Crippen MR) is 63.1 cm³/mol. The van der Waals surface area contributed by atoms with E-state index in [-0.39, 0.29) is 6.10 Å². The van der Waals surface area contributed by atoms with Gasteiger partial charge in [-0.05, 0) is 27.1 Å². The Bertz CT molecular complexity index is 175. The summed E-state index contributed by atoms with van der Waals surface area (Å²) in [5.41, 5.74) is 0. The zero-order valence-corrected chi connectivity index (χ0v) is 10.2. The Morgan fingerprint density at radius 1 is 1.20 bits per heavy atom. The highest BCUT2D eigenvalue weighted by Gasteiger charge is 2.29. The summed E-state index contributed by atoms with van der Waals surface area (Å²) in [6.45, 7) is 7.05. The zero-order chi connectivity index (χ0) is 11.3. The molecule has 1 aliphatic heterocycles. The number of rotatable bonds is 6. The van der Waals surface area contributed by atoms with Crippen LogP contribution in [-0.4, -0.2) is 73.9 Å². The summed E-state index contributed by atoms with van der Waals surface area (Å²) in [6.07, 6.45) is 0.954. The molecule has 0 saturated carbocycles. The standard InChI is InChI=1S/C11H25N3O/c1-4-5-14(7-6-13(2)3)10-8-12-9-11(10)15/h10-12,15H,4-9H2,1-3H3. The first-order chi connectivity index (χ1) is 7.15. The van der Waals surface area contributed by atoms with Crippen LogP contribution in [-0.2, 0) is 0 Å². The summed E-state index contributed by atoms with van der Waals surface area (Å²) in [6, 6.07) is 0.310. The lowest BCUT2D eigenvalue weighted by Crippen LogP contribution is -2.46. The minimum atomic E-state index is -0.196. The van der Waals surface area contributed by atoms with Crippen molar-refractivity contribution in [2.45, 2.75) is 25.5 Å². The van der Waals surface area contributed by atoms with Gasteiger partial charge in [-0.3, -0.25) is 4.90 Å². The van der Waals surface area contributed by atoms with Gasteiger partial charge in [0.05, 0.1) is 6.10 Å². The molecule has 0 bridgehead atoms. The fourth-order valence-corrected chi connectivity index (χ4v) is 2.08. The van der Waals surface area contributed by atoms with Gasteiger partial charge in [-0.1, -0.05) is 6.92 Å². The normalized spacial score (nSPS) is 26.8. The van der Waals surface area contributed by atoms with Crippen LogP contribution >= 0.6 is 0 Å². The molecule has 1 rings (SSSR count). The number of likely N-dealkylation sites (N-methyl/N-ethyl adjacent to an activating group) is 1. The molecule has 0 amide bonds. The van der Waals surface area contributed by atoms with Crippen molar-refractivity contribution in [2.24, 2.45) is 0 Å². The Morgan fingerprint density at radius 3 is 2.40 bits per heavy atom. The summed E-state index contributed by atoms with van der Waals surface area (Å²) in [5, 5.41) is 13.1. The number of hydrogen-bond acceptors (Lipinski definition) is 4. The molecule has 0 aromatic carbocycles. The maximum atomic E-state index is 9.83. The van der Waals surface area contributed by atoms with E-state index < -0.39 is 0 Å². The first kappa shape index (κ1) is 12.9. The van der Waals surface area contributed by atoms with Crippen LogP contribution in [0.3, 0.4) is 0 Å². The van der Waals surface area contributed by atoms with Crippen LogP contribution in [0.2, 0.25) is 0 Å². The molecule has 1 fully saturated rings. The third-order valence-corrected chi connectivity index (χ3v) is 2.97. The Hall–Kier alpha value is -0.160. The van der Waals surface area contributed by atoms with E-state index in [1.807, 2.05) is 0 Å². The summed E-state index contributed by atoms with van der Waals surface area (Å²) in [7, 11) is 4.18. The lowest BCUT2D eigenvalue weighted by atomic mass is 10.1. The van der Waals surface area contributed by atoms with Gasteiger partial charge in [0.1, 0.15) is 0 Å². The predicted octanol–water partition coefficient (Wildman–Crippen LogP) is -0.407. The molecular weight excluding hydrogens is 190 g/mol. The van der Waals surface area contributed by atoms with Crippen molar-refractivity contribution in [1.82, 2.24) is 15.1 Å². The minimum Gasteiger partial charge on any atom is -0.390 e. The highest BCUT2D eigenvalue weighted by molar-refractivity contribution is 4.88. The molecule has 2 unspecified atom stereocenters. The van der Waals surface area contributed by atoms with Gasteiger partial charge in [0, 0.05) is 32.2 Å². The molecule has 0 aliphatic carbocycles. The van der Waals surface area contributed by atoms with Gasteiger partial charge in [0.2, 0.25) is 0 Å². The third-order valence-electron chi connectivity index (χ3n) is 2.97. The molecule has 1 saturated heterocycles. The van der Waals surface area contributed by atoms with Gasteiger partial charge >= 0.3 is 0 Å². The number of nitrogens with zero attached hydrogens (tertiary/aromatic N) is 2. The lowest BCUT2D eigenvalue weighted by molar-refractivity contribution is 0.0784. The van der Waals surface area contributed by atoms with Crippen molar-refractivity contribution in [3.05, 3.63) is 0 Å². The summed E-state index contributed by atoms with van der Waals surface area (Å²) in [4.78, 5) is 4.60. The van der Waals surface area contributed by atoms with E-state index in [9.17, 15) is 5.11 Å². The van der Waals surface area contributed by atoms with Crippen LogP contribution in [0.4, 0.5) is 0 Å². The quantitative estimate of drug-likeness (QED) is 0.632. The fourth-order valence-electron chi connectivity index (χ4n) is 2.08. The van der Waals surface area contributed by atoms with E-state index in [2.05, 4.69) is 36.1 Å². The van der Waals surface area contributed by atoms with Crippen LogP contribution in [0, 0.1) is 0 Å². The largest absolute Gasteiger partial charge is 0.390 e. The zero-order valence-electron chi connectivity index (χ0n) is 10.2. The molecule has 4 nitrogen and oxygen atoms in total. The second kappa shape index (κ2) is 6.43.